The first-order valence-corrected chi connectivity index (χ1v) is 12.2. The number of nitrogens with zero attached hydrogens (tertiary/aromatic N) is 3. The highest BCUT2D eigenvalue weighted by Gasteiger charge is 2.33. The Labute approximate surface area is 192 Å². The van der Waals surface area contributed by atoms with Crippen LogP contribution in [0, 0.1) is 0 Å². The van der Waals surface area contributed by atoms with Crippen LogP contribution >= 0.6 is 11.8 Å². The number of carbonyl (C=O) groups is 1. The number of aromatic nitrogens is 3. The number of amides is 1. The number of alkyl halides is 3. The van der Waals surface area contributed by atoms with Crippen molar-refractivity contribution in [3.63, 3.8) is 0 Å². The fourth-order valence-corrected chi connectivity index (χ4v) is 4.94. The average molecular weight is 497 g/mol. The lowest BCUT2D eigenvalue weighted by Crippen LogP contribution is -2.18. The Hall–Kier alpha value is -3.12. The van der Waals surface area contributed by atoms with E-state index in [1.807, 2.05) is 0 Å². The van der Waals surface area contributed by atoms with Crippen molar-refractivity contribution in [2.75, 3.05) is 11.1 Å². The fraction of sp³-hybridized carbons (Fsp3) is 0.190. The van der Waals surface area contributed by atoms with Gasteiger partial charge in [0, 0.05) is 6.54 Å². The zero-order valence-corrected chi connectivity index (χ0v) is 18.8. The first-order valence-electron chi connectivity index (χ1n) is 9.51. The van der Waals surface area contributed by atoms with Gasteiger partial charge in [-0.2, -0.15) is 13.2 Å². The molecule has 0 spiro atoms. The van der Waals surface area contributed by atoms with Crippen molar-refractivity contribution < 1.29 is 26.4 Å². The summed E-state index contributed by atoms with van der Waals surface area (Å²) in [6.45, 7) is 3.82. The van der Waals surface area contributed by atoms with Crippen molar-refractivity contribution in [1.29, 1.82) is 0 Å². The quantitative estimate of drug-likeness (QED) is 0.353. The van der Waals surface area contributed by atoms with Crippen molar-refractivity contribution in [3.8, 4) is 0 Å². The standard InChI is InChI=1S/C21H19F3N4O3S2/c1-2-12-28-18(14-33(30,31)15-8-4-3-5-9-15)26-27-20(28)32-13-19(29)25-17-11-7-6-10-16(17)21(22,23)24/h2-11H,1,12-14H2,(H,25,29). The van der Waals surface area contributed by atoms with Gasteiger partial charge < -0.3 is 9.88 Å². The van der Waals surface area contributed by atoms with E-state index < -0.39 is 33.2 Å². The van der Waals surface area contributed by atoms with Gasteiger partial charge in [0.15, 0.2) is 15.0 Å². The summed E-state index contributed by atoms with van der Waals surface area (Å²) in [4.78, 5) is 12.4. The Morgan fingerprint density at radius 3 is 2.42 bits per heavy atom. The molecule has 12 heteroatoms. The minimum absolute atomic E-state index is 0.134. The minimum Gasteiger partial charge on any atom is -0.325 e. The number of hydrogen-bond donors (Lipinski definition) is 1. The summed E-state index contributed by atoms with van der Waals surface area (Å²) < 4.78 is 66.2. The monoisotopic (exact) mass is 496 g/mol. The van der Waals surface area contributed by atoms with Crippen LogP contribution in [0.3, 0.4) is 0 Å². The lowest BCUT2D eigenvalue weighted by atomic mass is 10.1. The number of halogens is 3. The zero-order valence-electron chi connectivity index (χ0n) is 17.1. The summed E-state index contributed by atoms with van der Waals surface area (Å²) in [7, 11) is -3.68. The second-order valence-corrected chi connectivity index (χ2v) is 9.68. The molecule has 0 saturated heterocycles. The SMILES string of the molecule is C=CCn1c(CS(=O)(=O)c2ccccc2)nnc1SCC(=O)Nc1ccccc1C(F)(F)F. The third-order valence-corrected chi connectivity index (χ3v) is 6.96. The van der Waals surface area contributed by atoms with E-state index in [0.717, 1.165) is 23.9 Å². The van der Waals surface area contributed by atoms with E-state index in [-0.39, 0.29) is 33.9 Å². The Bertz CT molecular complexity index is 1240. The van der Waals surface area contributed by atoms with Crippen molar-refractivity contribution in [2.24, 2.45) is 0 Å². The molecular weight excluding hydrogens is 477 g/mol. The fourth-order valence-electron chi connectivity index (χ4n) is 2.88. The van der Waals surface area contributed by atoms with Crippen LogP contribution in [0.25, 0.3) is 0 Å². The molecule has 1 amide bonds. The molecule has 0 aliphatic carbocycles. The molecule has 0 aliphatic heterocycles. The molecule has 3 aromatic rings. The summed E-state index contributed by atoms with van der Waals surface area (Å²) in [6.07, 6.45) is -3.09. The van der Waals surface area contributed by atoms with Crippen LogP contribution in [0.5, 0.6) is 0 Å². The molecule has 1 N–H and O–H groups in total. The molecule has 33 heavy (non-hydrogen) atoms. The van der Waals surface area contributed by atoms with E-state index in [1.54, 1.807) is 18.2 Å². The summed E-state index contributed by atoms with van der Waals surface area (Å²) in [5.74, 6) is -1.19. The van der Waals surface area contributed by atoms with Crippen molar-refractivity contribution in [2.45, 2.75) is 28.5 Å². The molecule has 2 aromatic carbocycles. The van der Waals surface area contributed by atoms with Crippen LogP contribution in [0.15, 0.2) is 77.3 Å². The van der Waals surface area contributed by atoms with Crippen LogP contribution in [-0.4, -0.2) is 34.8 Å². The smallest absolute Gasteiger partial charge is 0.325 e. The molecule has 0 saturated carbocycles. The summed E-state index contributed by atoms with van der Waals surface area (Å²) in [5.41, 5.74) is -1.30. The van der Waals surface area contributed by atoms with Gasteiger partial charge in [-0.1, -0.05) is 48.2 Å². The van der Waals surface area contributed by atoms with Gasteiger partial charge in [0.25, 0.3) is 0 Å². The number of hydrogen-bond acceptors (Lipinski definition) is 6. The first-order chi connectivity index (χ1) is 15.6. The van der Waals surface area contributed by atoms with Gasteiger partial charge >= 0.3 is 6.18 Å². The molecule has 1 heterocycles. The maximum atomic E-state index is 13.1. The number of benzene rings is 2. The van der Waals surface area contributed by atoms with E-state index in [2.05, 4.69) is 22.1 Å². The predicted molar refractivity (Wildman–Crippen MR) is 118 cm³/mol. The molecule has 3 rings (SSSR count). The Morgan fingerprint density at radius 1 is 1.09 bits per heavy atom. The summed E-state index contributed by atoms with van der Waals surface area (Å²) in [5, 5.41) is 10.4. The van der Waals surface area contributed by atoms with Gasteiger partial charge in [-0.3, -0.25) is 4.79 Å². The van der Waals surface area contributed by atoms with Gasteiger partial charge in [0.2, 0.25) is 5.91 Å². The molecule has 0 aliphatic rings. The van der Waals surface area contributed by atoms with Crippen LogP contribution < -0.4 is 5.32 Å². The number of sulfone groups is 1. The molecule has 0 radical (unpaired) electrons. The van der Waals surface area contributed by atoms with E-state index >= 15 is 0 Å². The first kappa shape index (κ1) is 24.5. The normalized spacial score (nSPS) is 11.8. The Balaban J connectivity index is 1.73. The van der Waals surface area contributed by atoms with Crippen LogP contribution in [-0.2, 0) is 33.1 Å². The molecule has 0 bridgehead atoms. The van der Waals surface area contributed by atoms with E-state index in [4.69, 9.17) is 0 Å². The van der Waals surface area contributed by atoms with Gasteiger partial charge in [0.1, 0.15) is 11.6 Å². The Morgan fingerprint density at radius 2 is 1.76 bits per heavy atom. The highest BCUT2D eigenvalue weighted by molar-refractivity contribution is 7.99. The molecule has 0 unspecified atom stereocenters. The maximum absolute atomic E-state index is 13.1. The number of carbonyl (C=O) groups excluding carboxylic acids is 1. The van der Waals surface area contributed by atoms with Gasteiger partial charge in [0.05, 0.1) is 21.9 Å². The second kappa shape index (κ2) is 10.2. The van der Waals surface area contributed by atoms with Gasteiger partial charge in [-0.05, 0) is 24.3 Å². The molecule has 1 aromatic heterocycles. The van der Waals surface area contributed by atoms with Gasteiger partial charge in [-0.25, -0.2) is 8.42 Å². The predicted octanol–water partition coefficient (Wildman–Crippen LogP) is 4.19. The molecular formula is C21H19F3N4O3S2. The highest BCUT2D eigenvalue weighted by Crippen LogP contribution is 2.34. The largest absolute Gasteiger partial charge is 0.418 e. The topological polar surface area (TPSA) is 93.9 Å². The summed E-state index contributed by atoms with van der Waals surface area (Å²) in [6, 6.07) is 12.5. The van der Waals surface area contributed by atoms with Crippen LogP contribution in [0.1, 0.15) is 11.4 Å². The number of thioether (sulfide) groups is 1. The number of rotatable bonds is 9. The van der Waals surface area contributed by atoms with Crippen molar-refractivity contribution in [1.82, 2.24) is 14.8 Å². The third kappa shape index (κ3) is 6.23. The molecule has 0 atom stereocenters. The molecule has 0 fully saturated rings. The number of allylic oxidation sites excluding steroid dienone is 1. The lowest BCUT2D eigenvalue weighted by Gasteiger charge is -2.13. The van der Waals surface area contributed by atoms with E-state index in [1.165, 1.54) is 34.9 Å². The Kier molecular flexibility index (Phi) is 7.59. The maximum Gasteiger partial charge on any atom is 0.418 e. The van der Waals surface area contributed by atoms with Crippen LogP contribution in [0.4, 0.5) is 18.9 Å². The van der Waals surface area contributed by atoms with E-state index in [0.29, 0.717) is 0 Å². The third-order valence-electron chi connectivity index (χ3n) is 4.37. The molecule has 7 nitrogen and oxygen atoms in total. The average Bonchev–Trinajstić information content (AvgIpc) is 3.13. The second-order valence-electron chi connectivity index (χ2n) is 6.75. The zero-order chi connectivity index (χ0) is 24.1. The lowest BCUT2D eigenvalue weighted by molar-refractivity contribution is -0.137. The van der Waals surface area contributed by atoms with Crippen molar-refractivity contribution >= 4 is 33.2 Å². The number of anilines is 1. The van der Waals surface area contributed by atoms with E-state index in [9.17, 15) is 26.4 Å². The van der Waals surface area contributed by atoms with Crippen molar-refractivity contribution in [3.05, 3.63) is 78.6 Å². The summed E-state index contributed by atoms with van der Waals surface area (Å²) >= 11 is 0.924. The van der Waals surface area contributed by atoms with Gasteiger partial charge in [-0.15, -0.1) is 16.8 Å². The minimum atomic E-state index is -4.61. The number of nitrogens with one attached hydrogen (secondary N) is 1. The molecule has 174 valence electrons. The number of para-hydroxylation sites is 1. The highest BCUT2D eigenvalue weighted by atomic mass is 32.2. The van der Waals surface area contributed by atoms with Crippen LogP contribution in [0.2, 0.25) is 0 Å².